The number of benzene rings is 4. The molecule has 4 unspecified atom stereocenters. The molecule has 0 spiro atoms. The van der Waals surface area contributed by atoms with Gasteiger partial charge in [-0.3, -0.25) is 9.59 Å². The number of anilines is 2. The summed E-state index contributed by atoms with van der Waals surface area (Å²) < 4.78 is 0. The molecule has 0 aliphatic heterocycles. The van der Waals surface area contributed by atoms with Crippen LogP contribution in [0.15, 0.2) is 109 Å². The molecule has 4 heteroatoms. The Labute approximate surface area is 211 Å². The number of carbonyl (C=O) groups is 2. The first-order valence-electron chi connectivity index (χ1n) is 12.6. The molecule has 4 atom stereocenters. The van der Waals surface area contributed by atoms with E-state index in [0.29, 0.717) is 11.8 Å². The van der Waals surface area contributed by atoms with E-state index < -0.39 is 0 Å². The molecule has 2 amide bonds. The quantitative estimate of drug-likeness (QED) is 0.309. The summed E-state index contributed by atoms with van der Waals surface area (Å²) >= 11 is 0. The van der Waals surface area contributed by atoms with Crippen molar-refractivity contribution in [3.8, 4) is 11.1 Å². The number of rotatable bonds is 7. The second-order valence-electron chi connectivity index (χ2n) is 9.85. The van der Waals surface area contributed by atoms with Gasteiger partial charge in [-0.15, -0.1) is 0 Å². The molecular weight excluding hydrogens is 444 g/mol. The van der Waals surface area contributed by atoms with Gasteiger partial charge in [0.1, 0.15) is 0 Å². The molecule has 2 aliphatic rings. The van der Waals surface area contributed by atoms with Crippen LogP contribution in [0, 0.1) is 11.8 Å². The van der Waals surface area contributed by atoms with Gasteiger partial charge in [-0.2, -0.15) is 0 Å². The lowest BCUT2D eigenvalue weighted by atomic mass is 10.0. The van der Waals surface area contributed by atoms with Gasteiger partial charge in [0.2, 0.25) is 11.8 Å². The maximum atomic E-state index is 12.6. The van der Waals surface area contributed by atoms with E-state index >= 15 is 0 Å². The van der Waals surface area contributed by atoms with E-state index in [4.69, 9.17) is 0 Å². The first-order valence-corrected chi connectivity index (χ1v) is 12.6. The van der Waals surface area contributed by atoms with Crippen molar-refractivity contribution in [1.29, 1.82) is 0 Å². The molecule has 178 valence electrons. The van der Waals surface area contributed by atoms with Crippen LogP contribution >= 0.6 is 0 Å². The number of amides is 2. The van der Waals surface area contributed by atoms with Crippen LogP contribution in [-0.2, 0) is 9.59 Å². The van der Waals surface area contributed by atoms with E-state index in [0.717, 1.165) is 35.3 Å². The minimum Gasteiger partial charge on any atom is -0.326 e. The fraction of sp³-hybridized carbons (Fsp3) is 0.188. The van der Waals surface area contributed by atoms with Crippen molar-refractivity contribution in [1.82, 2.24) is 0 Å². The van der Waals surface area contributed by atoms with E-state index in [-0.39, 0.29) is 23.7 Å². The maximum absolute atomic E-state index is 12.6. The highest BCUT2D eigenvalue weighted by Crippen LogP contribution is 2.48. The van der Waals surface area contributed by atoms with Crippen molar-refractivity contribution in [2.45, 2.75) is 24.7 Å². The molecule has 0 aromatic heterocycles. The van der Waals surface area contributed by atoms with Gasteiger partial charge in [-0.1, -0.05) is 84.9 Å². The molecule has 36 heavy (non-hydrogen) atoms. The van der Waals surface area contributed by atoms with Gasteiger partial charge in [0, 0.05) is 23.2 Å². The van der Waals surface area contributed by atoms with Crippen LogP contribution in [0.2, 0.25) is 0 Å². The van der Waals surface area contributed by atoms with Crippen LogP contribution in [0.3, 0.4) is 0 Å². The van der Waals surface area contributed by atoms with Crippen LogP contribution in [-0.4, -0.2) is 11.8 Å². The lowest BCUT2D eigenvalue weighted by molar-refractivity contribution is -0.118. The molecular formula is C32H28N2O2. The normalized spacial score (nSPS) is 21.9. The fourth-order valence-electron chi connectivity index (χ4n) is 5.07. The standard InChI is InChI=1S/C32H28N2O2/c35-31(29-19-27(29)23-7-3-1-4-8-23)33-25-15-11-21(12-16-25)22-13-17-26(18-14-22)34-32(36)30-20-28(30)24-9-5-2-6-10-24/h1-18,27-30H,19-20H2,(H,33,35)(H,34,36). The van der Waals surface area contributed by atoms with Crippen molar-refractivity contribution in [2.75, 3.05) is 10.6 Å². The highest BCUT2D eigenvalue weighted by atomic mass is 16.2. The molecule has 0 heterocycles. The highest BCUT2D eigenvalue weighted by molar-refractivity contribution is 5.96. The van der Waals surface area contributed by atoms with E-state index in [1.807, 2.05) is 84.9 Å². The largest absolute Gasteiger partial charge is 0.326 e. The van der Waals surface area contributed by atoms with Gasteiger partial charge >= 0.3 is 0 Å². The zero-order valence-electron chi connectivity index (χ0n) is 19.9. The minimum atomic E-state index is 0.0495. The van der Waals surface area contributed by atoms with Gasteiger partial charge in [0.05, 0.1) is 0 Å². The van der Waals surface area contributed by atoms with E-state index in [1.165, 1.54) is 11.1 Å². The Morgan fingerprint density at radius 1 is 0.500 bits per heavy atom. The summed E-state index contributed by atoms with van der Waals surface area (Å²) in [5.41, 5.74) is 6.21. The Kier molecular flexibility index (Phi) is 5.86. The zero-order valence-corrected chi connectivity index (χ0v) is 19.9. The lowest BCUT2D eigenvalue weighted by Gasteiger charge is -2.09. The van der Waals surface area contributed by atoms with Crippen molar-refractivity contribution in [2.24, 2.45) is 11.8 Å². The molecule has 4 aromatic rings. The number of hydrogen-bond acceptors (Lipinski definition) is 2. The molecule has 0 saturated heterocycles. The molecule has 0 bridgehead atoms. The van der Waals surface area contributed by atoms with Crippen LogP contribution in [0.25, 0.3) is 11.1 Å². The number of hydrogen-bond donors (Lipinski definition) is 2. The molecule has 4 aromatic carbocycles. The summed E-state index contributed by atoms with van der Waals surface area (Å²) in [6.45, 7) is 0. The van der Waals surface area contributed by atoms with Gasteiger partial charge in [-0.25, -0.2) is 0 Å². The van der Waals surface area contributed by atoms with Crippen LogP contribution in [0.1, 0.15) is 35.8 Å². The Hall–Kier alpha value is -4.18. The second-order valence-corrected chi connectivity index (χ2v) is 9.85. The third kappa shape index (κ3) is 4.80. The average Bonchev–Trinajstić information content (AvgIpc) is 3.85. The van der Waals surface area contributed by atoms with E-state index in [2.05, 4.69) is 34.9 Å². The monoisotopic (exact) mass is 472 g/mol. The van der Waals surface area contributed by atoms with Crippen LogP contribution in [0.4, 0.5) is 11.4 Å². The molecule has 6 rings (SSSR count). The number of carbonyl (C=O) groups excluding carboxylic acids is 2. The third-order valence-electron chi connectivity index (χ3n) is 7.35. The first-order chi connectivity index (χ1) is 17.7. The molecule has 4 nitrogen and oxygen atoms in total. The van der Waals surface area contributed by atoms with Crippen molar-refractivity contribution < 1.29 is 9.59 Å². The Morgan fingerprint density at radius 2 is 0.861 bits per heavy atom. The highest BCUT2D eigenvalue weighted by Gasteiger charge is 2.44. The summed E-state index contributed by atoms with van der Waals surface area (Å²) in [6, 6.07) is 36.3. The van der Waals surface area contributed by atoms with Crippen molar-refractivity contribution in [3.63, 3.8) is 0 Å². The molecule has 2 aliphatic carbocycles. The first kappa shape index (κ1) is 22.3. The minimum absolute atomic E-state index is 0.0495. The van der Waals surface area contributed by atoms with Gasteiger partial charge in [0.25, 0.3) is 0 Å². The number of nitrogens with one attached hydrogen (secondary N) is 2. The summed E-state index contributed by atoms with van der Waals surface area (Å²) in [6.07, 6.45) is 1.81. The van der Waals surface area contributed by atoms with Crippen molar-refractivity contribution in [3.05, 3.63) is 120 Å². The Balaban J connectivity index is 1.02. The SMILES string of the molecule is O=C(Nc1ccc(-c2ccc(NC(=O)C3CC3c3ccccc3)cc2)cc1)C1CC1c1ccccc1. The van der Waals surface area contributed by atoms with Gasteiger partial charge < -0.3 is 10.6 Å². The van der Waals surface area contributed by atoms with Crippen molar-refractivity contribution >= 4 is 23.2 Å². The maximum Gasteiger partial charge on any atom is 0.228 e. The second kappa shape index (κ2) is 9.46. The predicted molar refractivity (Wildman–Crippen MR) is 144 cm³/mol. The Bertz CT molecular complexity index is 1260. The topological polar surface area (TPSA) is 58.2 Å². The summed E-state index contributed by atoms with van der Waals surface area (Å²) in [4.78, 5) is 25.3. The average molecular weight is 473 g/mol. The van der Waals surface area contributed by atoms with Gasteiger partial charge in [0.15, 0.2) is 0 Å². The fourth-order valence-corrected chi connectivity index (χ4v) is 5.07. The third-order valence-corrected chi connectivity index (χ3v) is 7.35. The Morgan fingerprint density at radius 3 is 1.22 bits per heavy atom. The predicted octanol–water partition coefficient (Wildman–Crippen LogP) is 6.84. The molecule has 2 N–H and O–H groups in total. The van der Waals surface area contributed by atoms with Crippen LogP contribution < -0.4 is 10.6 Å². The summed E-state index contributed by atoms with van der Waals surface area (Å²) in [5.74, 6) is 0.924. The zero-order chi connectivity index (χ0) is 24.5. The molecule has 2 saturated carbocycles. The van der Waals surface area contributed by atoms with Gasteiger partial charge in [-0.05, 0) is 71.2 Å². The molecule has 2 fully saturated rings. The van der Waals surface area contributed by atoms with E-state index in [1.54, 1.807) is 0 Å². The lowest BCUT2D eigenvalue weighted by Crippen LogP contribution is -2.14. The summed E-state index contributed by atoms with van der Waals surface area (Å²) in [5, 5.41) is 6.12. The van der Waals surface area contributed by atoms with Crippen LogP contribution in [0.5, 0.6) is 0 Å². The smallest absolute Gasteiger partial charge is 0.228 e. The van der Waals surface area contributed by atoms with E-state index in [9.17, 15) is 9.59 Å². The summed E-state index contributed by atoms with van der Waals surface area (Å²) in [7, 11) is 0. The molecule has 0 radical (unpaired) electrons.